The van der Waals surface area contributed by atoms with Crippen LogP contribution in [-0.4, -0.2) is 60.5 Å². The standard InChI is InChI=1S/C16H12N2O4S.C4H11N/c17-15(21)16-18-14-11-7-9(1-3-10(20)8-19)2-4-12(11)22-6-5-13(14)23-16;1-4-5(2)3/h2,4,7-8,10,20H,5-6H2,(H2,17,21);4H2,1-3H3. The number of aliphatic hydroxyl groups is 1. The van der Waals surface area contributed by atoms with E-state index in [1.54, 1.807) is 18.2 Å². The quantitative estimate of drug-likeness (QED) is 0.594. The van der Waals surface area contributed by atoms with Gasteiger partial charge in [0.05, 0.1) is 12.3 Å². The highest BCUT2D eigenvalue weighted by molar-refractivity contribution is 7.14. The van der Waals surface area contributed by atoms with E-state index in [1.807, 2.05) is 0 Å². The molecule has 1 aromatic carbocycles. The van der Waals surface area contributed by atoms with Crippen LogP contribution < -0.4 is 10.5 Å². The average Bonchev–Trinajstić information content (AvgIpc) is 3.04. The van der Waals surface area contributed by atoms with E-state index in [9.17, 15) is 14.7 Å². The van der Waals surface area contributed by atoms with E-state index in [-0.39, 0.29) is 5.01 Å². The number of hydrogen-bond acceptors (Lipinski definition) is 7. The summed E-state index contributed by atoms with van der Waals surface area (Å²) in [6, 6.07) is 5.25. The van der Waals surface area contributed by atoms with Gasteiger partial charge in [0, 0.05) is 22.4 Å². The first-order chi connectivity index (χ1) is 13.3. The van der Waals surface area contributed by atoms with Crippen molar-refractivity contribution in [1.29, 1.82) is 0 Å². The average molecular weight is 401 g/mol. The lowest BCUT2D eigenvalue weighted by Crippen LogP contribution is -2.10. The molecule has 2 aromatic rings. The molecule has 8 heteroatoms. The summed E-state index contributed by atoms with van der Waals surface area (Å²) >= 11 is 1.26. The summed E-state index contributed by atoms with van der Waals surface area (Å²) in [6.07, 6.45) is -0.321. The van der Waals surface area contributed by atoms with Gasteiger partial charge >= 0.3 is 0 Å². The SMILES string of the molecule is CCN(C)C.NC(=O)c1nc2c(s1)CCOc1ccc(C#CC(O)C=O)cc1-2. The van der Waals surface area contributed by atoms with Crippen LogP contribution in [0.4, 0.5) is 0 Å². The molecule has 0 bridgehead atoms. The number of primary amides is 1. The first kappa shape index (κ1) is 21.6. The molecule has 3 N–H and O–H groups in total. The first-order valence-corrected chi connectivity index (χ1v) is 9.53. The number of aromatic nitrogens is 1. The van der Waals surface area contributed by atoms with Crippen LogP contribution in [0.3, 0.4) is 0 Å². The predicted molar refractivity (Wildman–Crippen MR) is 108 cm³/mol. The molecule has 148 valence electrons. The number of hydrogen-bond donors (Lipinski definition) is 2. The number of fused-ring (bicyclic) bond motifs is 3. The Labute approximate surface area is 168 Å². The number of carbonyl (C=O) groups is 2. The van der Waals surface area contributed by atoms with Crippen molar-refractivity contribution in [2.24, 2.45) is 5.73 Å². The molecule has 0 saturated carbocycles. The molecule has 1 atom stereocenters. The van der Waals surface area contributed by atoms with Gasteiger partial charge in [-0.3, -0.25) is 9.59 Å². The molecule has 0 saturated heterocycles. The Hall–Kier alpha value is -2.73. The number of rotatable bonds is 3. The second-order valence-electron chi connectivity index (χ2n) is 6.21. The van der Waals surface area contributed by atoms with Gasteiger partial charge in [-0.05, 0) is 38.8 Å². The molecule has 3 rings (SSSR count). The number of aldehydes is 1. The Morgan fingerprint density at radius 3 is 2.82 bits per heavy atom. The van der Waals surface area contributed by atoms with Crippen molar-refractivity contribution in [2.75, 3.05) is 27.2 Å². The third-order valence-corrected chi connectivity index (χ3v) is 4.98. The van der Waals surface area contributed by atoms with Crippen molar-refractivity contribution in [3.8, 4) is 28.8 Å². The zero-order valence-electron chi connectivity index (χ0n) is 16.1. The van der Waals surface area contributed by atoms with E-state index in [0.717, 1.165) is 11.4 Å². The summed E-state index contributed by atoms with van der Waals surface area (Å²) in [5.41, 5.74) is 7.29. The fraction of sp³-hybridized carbons (Fsp3) is 0.350. The van der Waals surface area contributed by atoms with Gasteiger partial charge in [-0.15, -0.1) is 11.3 Å². The van der Waals surface area contributed by atoms with E-state index < -0.39 is 12.0 Å². The minimum Gasteiger partial charge on any atom is -0.493 e. The summed E-state index contributed by atoms with van der Waals surface area (Å²) in [5, 5.41) is 9.46. The summed E-state index contributed by atoms with van der Waals surface area (Å²) in [7, 11) is 4.11. The predicted octanol–water partition coefficient (Wildman–Crippen LogP) is 1.32. The number of ether oxygens (including phenoxy) is 1. The van der Waals surface area contributed by atoms with Crippen molar-refractivity contribution >= 4 is 23.5 Å². The van der Waals surface area contributed by atoms with Gasteiger partial charge < -0.3 is 20.5 Å². The van der Waals surface area contributed by atoms with Crippen molar-refractivity contribution in [3.05, 3.63) is 33.6 Å². The number of benzene rings is 1. The number of thiazole rings is 1. The maximum atomic E-state index is 11.3. The molecule has 7 nitrogen and oxygen atoms in total. The Bertz CT molecular complexity index is 912. The summed E-state index contributed by atoms with van der Waals surface area (Å²) in [6.45, 7) is 3.75. The lowest BCUT2D eigenvalue weighted by molar-refractivity contribution is -0.112. The second kappa shape index (κ2) is 9.99. The molecule has 0 aliphatic carbocycles. The van der Waals surface area contributed by atoms with Gasteiger partial charge in [-0.1, -0.05) is 18.8 Å². The van der Waals surface area contributed by atoms with Crippen LogP contribution in [0.25, 0.3) is 11.3 Å². The van der Waals surface area contributed by atoms with Crippen molar-refractivity contribution < 1.29 is 19.4 Å². The molecule has 1 aliphatic rings. The Morgan fingerprint density at radius 2 is 2.21 bits per heavy atom. The Morgan fingerprint density at radius 1 is 1.50 bits per heavy atom. The smallest absolute Gasteiger partial charge is 0.277 e. The van der Waals surface area contributed by atoms with Crippen LogP contribution in [0.2, 0.25) is 0 Å². The van der Waals surface area contributed by atoms with Crippen molar-refractivity contribution in [3.63, 3.8) is 0 Å². The second-order valence-corrected chi connectivity index (χ2v) is 7.29. The number of amides is 1. The normalized spacial score (nSPS) is 12.8. The van der Waals surface area contributed by atoms with Gasteiger partial charge in [0.25, 0.3) is 5.91 Å². The van der Waals surface area contributed by atoms with Crippen LogP contribution in [-0.2, 0) is 11.2 Å². The lowest BCUT2D eigenvalue weighted by Gasteiger charge is -2.07. The van der Waals surface area contributed by atoms with Gasteiger partial charge in [0.15, 0.2) is 17.4 Å². The van der Waals surface area contributed by atoms with Crippen LogP contribution in [0.5, 0.6) is 5.75 Å². The maximum absolute atomic E-state index is 11.3. The Kier molecular flexibility index (Phi) is 7.70. The molecule has 1 aliphatic heterocycles. The molecular weight excluding hydrogens is 378 g/mol. The van der Waals surface area contributed by atoms with E-state index in [2.05, 4.69) is 42.7 Å². The molecule has 1 unspecified atom stereocenters. The minimum absolute atomic E-state index is 0.260. The zero-order valence-corrected chi connectivity index (χ0v) is 16.9. The summed E-state index contributed by atoms with van der Waals surface area (Å²) in [4.78, 5) is 29.1. The zero-order chi connectivity index (χ0) is 20.7. The highest BCUT2D eigenvalue weighted by Crippen LogP contribution is 2.37. The first-order valence-electron chi connectivity index (χ1n) is 8.72. The topological polar surface area (TPSA) is 106 Å². The highest BCUT2D eigenvalue weighted by Gasteiger charge is 2.22. The molecule has 2 heterocycles. The number of carbonyl (C=O) groups excluding carboxylic acids is 2. The molecule has 0 fully saturated rings. The van der Waals surface area contributed by atoms with Gasteiger partial charge in [0.2, 0.25) is 0 Å². The monoisotopic (exact) mass is 401 g/mol. The van der Waals surface area contributed by atoms with E-state index >= 15 is 0 Å². The minimum atomic E-state index is -1.32. The molecule has 0 radical (unpaired) electrons. The van der Waals surface area contributed by atoms with Gasteiger partial charge in [0.1, 0.15) is 5.75 Å². The van der Waals surface area contributed by atoms with Gasteiger partial charge in [-0.2, -0.15) is 0 Å². The van der Waals surface area contributed by atoms with Crippen LogP contribution in [0.1, 0.15) is 27.2 Å². The van der Waals surface area contributed by atoms with E-state index in [4.69, 9.17) is 10.5 Å². The fourth-order valence-corrected chi connectivity index (χ4v) is 3.11. The van der Waals surface area contributed by atoms with Gasteiger partial charge in [-0.25, -0.2) is 4.98 Å². The summed E-state index contributed by atoms with van der Waals surface area (Å²) in [5.74, 6) is 5.23. The van der Waals surface area contributed by atoms with Crippen LogP contribution >= 0.6 is 11.3 Å². The lowest BCUT2D eigenvalue weighted by atomic mass is 10.1. The van der Waals surface area contributed by atoms with E-state index in [1.165, 1.54) is 11.3 Å². The Balaban J connectivity index is 0.000000500. The van der Waals surface area contributed by atoms with Crippen LogP contribution in [0.15, 0.2) is 18.2 Å². The fourth-order valence-electron chi connectivity index (χ4n) is 2.20. The third kappa shape index (κ3) is 5.63. The molecule has 0 spiro atoms. The number of nitrogens with zero attached hydrogens (tertiary/aromatic N) is 2. The summed E-state index contributed by atoms with van der Waals surface area (Å²) < 4.78 is 5.69. The third-order valence-electron chi connectivity index (χ3n) is 3.86. The maximum Gasteiger partial charge on any atom is 0.277 e. The molecule has 28 heavy (non-hydrogen) atoms. The highest BCUT2D eigenvalue weighted by atomic mass is 32.1. The molecule has 1 amide bonds. The van der Waals surface area contributed by atoms with Crippen molar-refractivity contribution in [1.82, 2.24) is 9.88 Å². The van der Waals surface area contributed by atoms with Crippen molar-refractivity contribution in [2.45, 2.75) is 19.4 Å². The van der Waals surface area contributed by atoms with Crippen LogP contribution in [0, 0.1) is 11.8 Å². The number of aliphatic hydroxyl groups excluding tert-OH is 1. The molecular formula is C20H23N3O4S. The van der Waals surface area contributed by atoms with E-state index in [0.29, 0.717) is 41.9 Å². The largest absolute Gasteiger partial charge is 0.493 e. The molecule has 1 aromatic heterocycles. The number of nitrogens with two attached hydrogens (primary N) is 1.